The second-order valence-electron chi connectivity index (χ2n) is 2.82. The average Bonchev–Trinajstić information content (AvgIpc) is 2.18. The summed E-state index contributed by atoms with van der Waals surface area (Å²) in [6.45, 7) is 0. The van der Waals surface area contributed by atoms with Crippen LogP contribution < -0.4 is 0 Å². The molecule has 1 aromatic carbocycles. The van der Waals surface area contributed by atoms with Crippen LogP contribution in [0.4, 0.5) is 0 Å². The van der Waals surface area contributed by atoms with Gasteiger partial charge in [-0.25, -0.2) is 9.97 Å². The monoisotopic (exact) mass is 295 g/mol. The molecule has 0 aliphatic carbocycles. The zero-order chi connectivity index (χ0) is 11.9. The third-order valence-electron chi connectivity index (χ3n) is 1.86. The van der Waals surface area contributed by atoms with Gasteiger partial charge in [-0.2, -0.15) is 0 Å². The van der Waals surface area contributed by atoms with Crippen molar-refractivity contribution in [3.05, 3.63) is 27.6 Å². The van der Waals surface area contributed by atoms with Gasteiger partial charge in [0, 0.05) is 10.3 Å². The van der Waals surface area contributed by atoms with Crippen LogP contribution >= 0.6 is 34.8 Å². The van der Waals surface area contributed by atoms with Gasteiger partial charge in [0.2, 0.25) is 5.28 Å². The Balaban J connectivity index is 2.84. The second-order valence-corrected chi connectivity index (χ2v) is 4.83. The highest BCUT2D eigenvalue weighted by Gasteiger charge is 2.09. The van der Waals surface area contributed by atoms with Crippen LogP contribution in [0.25, 0.3) is 10.9 Å². The summed E-state index contributed by atoms with van der Waals surface area (Å²) >= 11 is 14.8. The Kier molecular flexibility index (Phi) is 3.32. The van der Waals surface area contributed by atoms with E-state index in [-0.39, 0.29) is 20.4 Å². The molecule has 0 radical (unpaired) electrons. The predicted molar refractivity (Wildman–Crippen MR) is 61.8 cm³/mol. The Hall–Kier alpha value is -0.460. The molecule has 1 aromatic heterocycles. The summed E-state index contributed by atoms with van der Waals surface area (Å²) in [6, 6.07) is 2.68. The van der Waals surface area contributed by atoms with Crippen molar-refractivity contribution in [2.24, 2.45) is 0 Å². The quantitative estimate of drug-likeness (QED) is 0.461. The van der Waals surface area contributed by atoms with Gasteiger partial charge in [0.1, 0.15) is 5.15 Å². The van der Waals surface area contributed by atoms with E-state index in [0.717, 1.165) is 0 Å². The van der Waals surface area contributed by atoms with E-state index in [1.54, 1.807) is 0 Å². The molecule has 0 N–H and O–H groups in total. The zero-order valence-electron chi connectivity index (χ0n) is 7.41. The summed E-state index contributed by atoms with van der Waals surface area (Å²) in [7, 11) is 0. The van der Waals surface area contributed by atoms with Gasteiger partial charge in [-0.15, -0.1) is 0 Å². The van der Waals surface area contributed by atoms with Crippen LogP contribution in [0.3, 0.4) is 0 Å². The molecule has 0 aliphatic rings. The minimum Gasteiger partial charge on any atom is -0.768 e. The van der Waals surface area contributed by atoms with Crippen LogP contribution in [-0.4, -0.2) is 18.7 Å². The van der Waals surface area contributed by atoms with Crippen molar-refractivity contribution in [1.82, 2.24) is 9.97 Å². The molecule has 0 spiro atoms. The zero-order valence-corrected chi connectivity index (χ0v) is 10.5. The Morgan fingerprint density at radius 1 is 1.19 bits per heavy atom. The molecule has 16 heavy (non-hydrogen) atoms. The SMILES string of the molecule is O=S([O-])c1cc2nc(Cl)nc(Cl)c2cc1Cl. The van der Waals surface area contributed by atoms with Gasteiger partial charge in [-0.3, -0.25) is 4.21 Å². The van der Waals surface area contributed by atoms with E-state index in [4.69, 9.17) is 34.8 Å². The lowest BCUT2D eigenvalue weighted by atomic mass is 10.2. The molecule has 0 aliphatic heterocycles. The van der Waals surface area contributed by atoms with Crippen molar-refractivity contribution >= 4 is 56.8 Å². The number of halogens is 3. The fourth-order valence-electron chi connectivity index (χ4n) is 1.19. The van der Waals surface area contributed by atoms with Crippen LogP contribution in [0.1, 0.15) is 0 Å². The molecule has 2 aromatic rings. The molecule has 0 saturated carbocycles. The molecule has 0 amide bonds. The maximum atomic E-state index is 10.8. The molecule has 84 valence electrons. The van der Waals surface area contributed by atoms with E-state index in [1.807, 2.05) is 0 Å². The molecule has 1 unspecified atom stereocenters. The number of hydrogen-bond donors (Lipinski definition) is 0. The third kappa shape index (κ3) is 2.14. The Morgan fingerprint density at radius 3 is 2.50 bits per heavy atom. The average molecular weight is 297 g/mol. The summed E-state index contributed by atoms with van der Waals surface area (Å²) in [6.07, 6.45) is 0. The summed E-state index contributed by atoms with van der Waals surface area (Å²) in [5.74, 6) is 0. The highest BCUT2D eigenvalue weighted by Crippen LogP contribution is 2.29. The summed E-state index contributed by atoms with van der Waals surface area (Å²) < 4.78 is 21.7. The van der Waals surface area contributed by atoms with Gasteiger partial charge in [0.05, 0.1) is 10.5 Å². The first-order chi connectivity index (χ1) is 7.49. The first kappa shape index (κ1) is 12.0. The van der Waals surface area contributed by atoms with E-state index in [2.05, 4.69) is 9.97 Å². The lowest BCUT2D eigenvalue weighted by Crippen LogP contribution is -1.93. The standard InChI is InChI=1S/C8H3Cl3N2O2S/c9-4-1-3-5(2-6(4)16(14)15)12-8(11)13-7(3)10/h1-2H,(H,14,15)/p-1. The molecule has 4 nitrogen and oxygen atoms in total. The number of aromatic nitrogens is 2. The van der Waals surface area contributed by atoms with Crippen LogP contribution in [-0.2, 0) is 11.1 Å². The maximum Gasteiger partial charge on any atom is 0.224 e. The lowest BCUT2D eigenvalue weighted by Gasteiger charge is -2.09. The number of rotatable bonds is 1. The molecule has 0 saturated heterocycles. The van der Waals surface area contributed by atoms with Gasteiger partial charge in [-0.1, -0.05) is 23.2 Å². The van der Waals surface area contributed by atoms with Gasteiger partial charge in [0.15, 0.2) is 0 Å². The smallest absolute Gasteiger partial charge is 0.224 e. The van der Waals surface area contributed by atoms with E-state index in [9.17, 15) is 8.76 Å². The van der Waals surface area contributed by atoms with Crippen molar-refractivity contribution in [2.75, 3.05) is 0 Å². The Bertz CT molecular complexity index is 605. The van der Waals surface area contributed by atoms with E-state index >= 15 is 0 Å². The largest absolute Gasteiger partial charge is 0.768 e. The van der Waals surface area contributed by atoms with Crippen molar-refractivity contribution in [2.45, 2.75) is 4.90 Å². The highest BCUT2D eigenvalue weighted by atomic mass is 35.5. The van der Waals surface area contributed by atoms with E-state index in [1.165, 1.54) is 12.1 Å². The molecule has 2 rings (SSSR count). The molecule has 0 bridgehead atoms. The molecule has 0 fully saturated rings. The fourth-order valence-corrected chi connectivity index (χ4v) is 2.42. The summed E-state index contributed by atoms with van der Waals surface area (Å²) in [5.41, 5.74) is 0.327. The normalized spacial score (nSPS) is 13.0. The molecular formula is C8H2Cl3N2O2S-. The summed E-state index contributed by atoms with van der Waals surface area (Å²) in [4.78, 5) is 7.53. The van der Waals surface area contributed by atoms with Crippen LogP contribution in [0.15, 0.2) is 17.0 Å². The number of hydrogen-bond acceptors (Lipinski definition) is 4. The summed E-state index contributed by atoms with van der Waals surface area (Å²) in [5, 5.41) is 0.585. The van der Waals surface area contributed by atoms with Crippen LogP contribution in [0.5, 0.6) is 0 Å². The number of benzene rings is 1. The third-order valence-corrected chi connectivity index (χ3v) is 3.43. The first-order valence-electron chi connectivity index (χ1n) is 3.90. The van der Waals surface area contributed by atoms with E-state index in [0.29, 0.717) is 10.9 Å². The van der Waals surface area contributed by atoms with Gasteiger partial charge >= 0.3 is 0 Å². The Labute approximate surface area is 108 Å². The topological polar surface area (TPSA) is 65.9 Å². The van der Waals surface area contributed by atoms with Crippen molar-refractivity contribution in [1.29, 1.82) is 0 Å². The second kappa shape index (κ2) is 4.43. The molecule has 8 heteroatoms. The highest BCUT2D eigenvalue weighted by molar-refractivity contribution is 7.79. The van der Waals surface area contributed by atoms with Crippen LogP contribution in [0, 0.1) is 0 Å². The van der Waals surface area contributed by atoms with Gasteiger partial charge in [0.25, 0.3) is 0 Å². The van der Waals surface area contributed by atoms with Gasteiger partial charge < -0.3 is 4.55 Å². The van der Waals surface area contributed by atoms with Crippen molar-refractivity contribution in [3.63, 3.8) is 0 Å². The molecule has 1 heterocycles. The van der Waals surface area contributed by atoms with Crippen LogP contribution in [0.2, 0.25) is 15.5 Å². The molecular weight excluding hydrogens is 295 g/mol. The number of fused-ring (bicyclic) bond motifs is 1. The van der Waals surface area contributed by atoms with Gasteiger partial charge in [-0.05, 0) is 34.8 Å². The van der Waals surface area contributed by atoms with Crippen molar-refractivity contribution < 1.29 is 8.76 Å². The Morgan fingerprint density at radius 2 is 1.88 bits per heavy atom. The lowest BCUT2D eigenvalue weighted by molar-refractivity contribution is 0.537. The van der Waals surface area contributed by atoms with Crippen molar-refractivity contribution in [3.8, 4) is 0 Å². The first-order valence-corrected chi connectivity index (χ1v) is 6.11. The predicted octanol–water partition coefficient (Wildman–Crippen LogP) is 2.83. The minimum absolute atomic E-state index is 0.0533. The van der Waals surface area contributed by atoms with E-state index < -0.39 is 11.1 Å². The fraction of sp³-hybridized carbons (Fsp3) is 0. The number of nitrogens with zero attached hydrogens (tertiary/aromatic N) is 2. The molecule has 1 atom stereocenters. The minimum atomic E-state index is -2.44. The maximum absolute atomic E-state index is 10.8.